The van der Waals surface area contributed by atoms with Crippen molar-refractivity contribution >= 4 is 33.3 Å². The third-order valence-electron chi connectivity index (χ3n) is 8.29. The molecule has 2 saturated carbocycles. The van der Waals surface area contributed by atoms with Crippen molar-refractivity contribution in [3.05, 3.63) is 59.0 Å². The molecule has 0 aliphatic heterocycles. The van der Waals surface area contributed by atoms with Crippen molar-refractivity contribution in [2.24, 2.45) is 11.8 Å². The average molecular weight is 583 g/mol. The Kier molecular flexibility index (Phi) is 7.58. The summed E-state index contributed by atoms with van der Waals surface area (Å²) < 4.78 is 28.3. The lowest BCUT2D eigenvalue weighted by Crippen LogP contribution is -2.36. The fourth-order valence-electron chi connectivity index (χ4n) is 5.95. The molecule has 2 aliphatic carbocycles. The zero-order valence-corrected chi connectivity index (χ0v) is 23.5. The first kappa shape index (κ1) is 27.8. The molecule has 3 heterocycles. The Morgan fingerprint density at radius 2 is 1.73 bits per heavy atom. The van der Waals surface area contributed by atoms with E-state index in [9.17, 15) is 24.1 Å². The number of hydrogen-bond donors (Lipinski definition) is 5. The fraction of sp³-hybridized carbons (Fsp3) is 0.448. The van der Waals surface area contributed by atoms with Crippen LogP contribution in [0.5, 0.6) is 0 Å². The molecular formula is C29H32F2N6O3S. The van der Waals surface area contributed by atoms with Gasteiger partial charge >= 0.3 is 0 Å². The van der Waals surface area contributed by atoms with Crippen LogP contribution in [0.3, 0.4) is 0 Å². The van der Waals surface area contributed by atoms with E-state index in [1.54, 1.807) is 6.20 Å². The van der Waals surface area contributed by atoms with Crippen LogP contribution in [0.25, 0.3) is 20.8 Å². The molecule has 5 N–H and O–H groups in total. The molecule has 12 heteroatoms. The zero-order valence-electron chi connectivity index (χ0n) is 22.7. The van der Waals surface area contributed by atoms with Gasteiger partial charge in [-0.2, -0.15) is 4.98 Å². The van der Waals surface area contributed by atoms with Gasteiger partial charge in [0, 0.05) is 31.3 Å². The maximum Gasteiger partial charge on any atom is 0.224 e. The van der Waals surface area contributed by atoms with Crippen LogP contribution in [0.15, 0.2) is 30.5 Å². The molecule has 0 amide bonds. The minimum absolute atomic E-state index is 0.112. The smallest absolute Gasteiger partial charge is 0.224 e. The van der Waals surface area contributed by atoms with Gasteiger partial charge in [-0.3, -0.25) is 4.98 Å². The van der Waals surface area contributed by atoms with Crippen LogP contribution in [0.1, 0.15) is 42.1 Å². The number of aryl methyl sites for hydroxylation is 2. The number of anilines is 2. The molecule has 0 saturated heterocycles. The maximum absolute atomic E-state index is 13.6. The molecule has 4 atom stereocenters. The van der Waals surface area contributed by atoms with E-state index in [1.165, 1.54) is 23.5 Å². The molecule has 9 nitrogen and oxygen atoms in total. The van der Waals surface area contributed by atoms with E-state index in [0.29, 0.717) is 52.5 Å². The quantitative estimate of drug-likeness (QED) is 0.207. The van der Waals surface area contributed by atoms with Crippen LogP contribution in [0, 0.1) is 37.3 Å². The minimum Gasteiger partial charge on any atom is -0.396 e. The van der Waals surface area contributed by atoms with Gasteiger partial charge < -0.3 is 26.0 Å². The normalized spacial score (nSPS) is 25.8. The molecule has 1 aromatic carbocycles. The standard InChI is InChI=1S/C29H32F2N6O3S/c1-13-23(28-36-24-14(2)32-4-3-22(24)41-28)27(35-21-9-18(12-38)25(39)26(21)40)37-29(34-13)33-11-15-5-16(6-15)17-7-19(30)10-20(31)8-17/h3-4,7-8,10,15-16,18,21,25-26,38-40H,5-6,9,11-12H2,1-2H3,(H2,33,34,35,37)/t15?,16?,18-,21-,25-,26+/m1/s1. The summed E-state index contributed by atoms with van der Waals surface area (Å²) >= 11 is 1.50. The number of hydrogen-bond acceptors (Lipinski definition) is 10. The van der Waals surface area contributed by atoms with E-state index in [2.05, 4.69) is 15.6 Å². The van der Waals surface area contributed by atoms with E-state index >= 15 is 0 Å². The number of nitrogens with zero attached hydrogens (tertiary/aromatic N) is 4. The summed E-state index contributed by atoms with van der Waals surface area (Å²) in [4.78, 5) is 18.7. The molecule has 3 aromatic heterocycles. The Morgan fingerprint density at radius 3 is 2.41 bits per heavy atom. The third kappa shape index (κ3) is 5.49. The second kappa shape index (κ2) is 11.2. The maximum atomic E-state index is 13.6. The van der Waals surface area contributed by atoms with Gasteiger partial charge in [-0.25, -0.2) is 18.7 Å². The zero-order chi connectivity index (χ0) is 28.8. The van der Waals surface area contributed by atoms with Gasteiger partial charge in [-0.05, 0) is 68.7 Å². The summed E-state index contributed by atoms with van der Waals surface area (Å²) in [5, 5.41) is 38.1. The van der Waals surface area contributed by atoms with Crippen molar-refractivity contribution in [3.63, 3.8) is 0 Å². The summed E-state index contributed by atoms with van der Waals surface area (Å²) in [7, 11) is 0. The molecule has 0 radical (unpaired) electrons. The van der Waals surface area contributed by atoms with E-state index in [4.69, 9.17) is 15.0 Å². The number of nitrogens with one attached hydrogen (secondary N) is 2. The Bertz CT molecular complexity index is 1560. The van der Waals surface area contributed by atoms with Crippen LogP contribution in [-0.2, 0) is 0 Å². The monoisotopic (exact) mass is 582 g/mol. The summed E-state index contributed by atoms with van der Waals surface area (Å²) in [6, 6.07) is 5.07. The molecule has 0 spiro atoms. The number of aliphatic hydroxyl groups is 3. The number of thiazole rings is 1. The number of fused-ring (bicyclic) bond motifs is 1. The minimum atomic E-state index is -1.08. The van der Waals surface area contributed by atoms with E-state index in [1.807, 2.05) is 19.9 Å². The van der Waals surface area contributed by atoms with Gasteiger partial charge in [0.1, 0.15) is 34.1 Å². The predicted molar refractivity (Wildman–Crippen MR) is 153 cm³/mol. The van der Waals surface area contributed by atoms with Crippen LogP contribution in [-0.4, -0.2) is 66.7 Å². The van der Waals surface area contributed by atoms with E-state index in [-0.39, 0.29) is 12.5 Å². The number of rotatable bonds is 8. The lowest BCUT2D eigenvalue weighted by molar-refractivity contribution is 0.00446. The van der Waals surface area contributed by atoms with Gasteiger partial charge in [0.05, 0.1) is 33.8 Å². The van der Waals surface area contributed by atoms with Crippen molar-refractivity contribution in [1.82, 2.24) is 19.9 Å². The van der Waals surface area contributed by atoms with E-state index < -0.39 is 35.8 Å². The van der Waals surface area contributed by atoms with Gasteiger partial charge in [0.2, 0.25) is 5.95 Å². The van der Waals surface area contributed by atoms with Gasteiger partial charge in [0.15, 0.2) is 0 Å². The Hall–Kier alpha value is -3.32. The molecule has 6 rings (SSSR count). The van der Waals surface area contributed by atoms with Crippen LogP contribution in [0.2, 0.25) is 0 Å². The molecule has 2 fully saturated rings. The average Bonchev–Trinajstić information content (AvgIpc) is 3.44. The number of halogens is 2. The summed E-state index contributed by atoms with van der Waals surface area (Å²) in [6.45, 7) is 4.14. The largest absolute Gasteiger partial charge is 0.396 e. The molecule has 41 heavy (non-hydrogen) atoms. The van der Waals surface area contributed by atoms with Gasteiger partial charge in [-0.1, -0.05) is 0 Å². The van der Waals surface area contributed by atoms with Crippen molar-refractivity contribution in [2.75, 3.05) is 23.8 Å². The van der Waals surface area contributed by atoms with Gasteiger partial charge in [-0.15, -0.1) is 11.3 Å². The Labute approximate surface area is 239 Å². The molecule has 4 aromatic rings. The molecule has 0 unspecified atom stereocenters. The number of aliphatic hydroxyl groups excluding tert-OH is 3. The highest BCUT2D eigenvalue weighted by atomic mass is 32.1. The molecule has 0 bridgehead atoms. The second-order valence-electron chi connectivity index (χ2n) is 11.1. The van der Waals surface area contributed by atoms with Crippen molar-refractivity contribution in [1.29, 1.82) is 0 Å². The molecular weight excluding hydrogens is 550 g/mol. The highest BCUT2D eigenvalue weighted by molar-refractivity contribution is 7.21. The van der Waals surface area contributed by atoms with Crippen molar-refractivity contribution in [3.8, 4) is 10.6 Å². The van der Waals surface area contributed by atoms with Crippen molar-refractivity contribution < 1.29 is 24.1 Å². The number of aromatic nitrogens is 4. The van der Waals surface area contributed by atoms with E-state index in [0.717, 1.165) is 34.8 Å². The molecule has 2 aliphatic rings. The second-order valence-corrected chi connectivity index (χ2v) is 12.2. The van der Waals surface area contributed by atoms with Crippen LogP contribution >= 0.6 is 11.3 Å². The highest BCUT2D eigenvalue weighted by Gasteiger charge is 2.41. The summed E-state index contributed by atoms with van der Waals surface area (Å²) in [5.74, 6) is -0.281. The SMILES string of the molecule is Cc1nc(NCC2CC(c3cc(F)cc(F)c3)C2)nc(N[C@@H]2C[C@H](CO)[C@@H](O)[C@H]2O)c1-c1nc2c(C)nccc2s1. The molecule has 216 valence electrons. The Morgan fingerprint density at radius 1 is 0.976 bits per heavy atom. The number of benzene rings is 1. The summed E-state index contributed by atoms with van der Waals surface area (Å²) in [6.07, 6.45) is 1.59. The first-order valence-electron chi connectivity index (χ1n) is 13.7. The lowest BCUT2D eigenvalue weighted by Gasteiger charge is -2.36. The highest BCUT2D eigenvalue weighted by Crippen LogP contribution is 2.42. The lowest BCUT2D eigenvalue weighted by atomic mass is 9.71. The number of pyridine rings is 1. The predicted octanol–water partition coefficient (Wildman–Crippen LogP) is 4.16. The van der Waals surface area contributed by atoms with Crippen LogP contribution < -0.4 is 10.6 Å². The first-order valence-corrected chi connectivity index (χ1v) is 14.6. The van der Waals surface area contributed by atoms with Gasteiger partial charge in [0.25, 0.3) is 0 Å². The topological polar surface area (TPSA) is 136 Å². The summed E-state index contributed by atoms with van der Waals surface area (Å²) in [5.41, 5.74) is 3.68. The third-order valence-corrected chi connectivity index (χ3v) is 9.33. The first-order chi connectivity index (χ1) is 19.7. The Balaban J connectivity index is 1.24. The van der Waals surface area contributed by atoms with Crippen LogP contribution in [0.4, 0.5) is 20.5 Å². The fourth-order valence-corrected chi connectivity index (χ4v) is 7.06. The van der Waals surface area contributed by atoms with Crippen molar-refractivity contribution in [2.45, 2.75) is 57.3 Å².